The zero-order valence-electron chi connectivity index (χ0n) is 19.1. The van der Waals surface area contributed by atoms with Gasteiger partial charge in [0.2, 0.25) is 5.91 Å². The van der Waals surface area contributed by atoms with Crippen molar-refractivity contribution in [1.29, 1.82) is 0 Å². The van der Waals surface area contributed by atoms with Crippen molar-refractivity contribution in [3.8, 4) is 22.6 Å². The Morgan fingerprint density at radius 3 is 2.69 bits per heavy atom. The number of aliphatic imine (C=N–C) groups is 1. The van der Waals surface area contributed by atoms with Gasteiger partial charge in [-0.3, -0.25) is 4.79 Å². The van der Waals surface area contributed by atoms with Gasteiger partial charge < -0.3 is 19.4 Å². The molecule has 2 heterocycles. The standard InChI is InChI=1S/C27H23FN4O3/c1-34-11-12-35-26-15-25-24(14-22(26)18-5-7-20(28)8-6-18)31-27(33)16-23(30-25)19-3-2-4-21(13-19)32-10-9-29-17-32/h2-10,13-15,17H,11-12,16H2,1H3,(H,31,33). The van der Waals surface area contributed by atoms with Crippen molar-refractivity contribution in [3.63, 3.8) is 0 Å². The van der Waals surface area contributed by atoms with Crippen molar-refractivity contribution in [2.24, 2.45) is 4.99 Å². The minimum absolute atomic E-state index is 0.119. The number of benzene rings is 3. The summed E-state index contributed by atoms with van der Waals surface area (Å²) in [5.41, 5.74) is 5.02. The van der Waals surface area contributed by atoms with Gasteiger partial charge >= 0.3 is 0 Å². The number of carbonyl (C=O) groups excluding carboxylic acids is 1. The molecule has 0 bridgehead atoms. The lowest BCUT2D eigenvalue weighted by Gasteiger charge is -2.15. The fraction of sp³-hybridized carbons (Fsp3) is 0.148. The van der Waals surface area contributed by atoms with Crippen LogP contribution in [0, 0.1) is 5.82 Å². The molecule has 0 spiro atoms. The number of anilines is 1. The van der Waals surface area contributed by atoms with Gasteiger partial charge in [-0.05, 0) is 41.5 Å². The molecule has 8 heteroatoms. The molecule has 0 saturated heterocycles. The Morgan fingerprint density at radius 2 is 1.91 bits per heavy atom. The van der Waals surface area contributed by atoms with Crippen molar-refractivity contribution in [2.45, 2.75) is 6.42 Å². The van der Waals surface area contributed by atoms with Gasteiger partial charge in [-0.2, -0.15) is 0 Å². The van der Waals surface area contributed by atoms with Crippen LogP contribution in [0.25, 0.3) is 16.8 Å². The smallest absolute Gasteiger partial charge is 0.230 e. The van der Waals surface area contributed by atoms with Crippen molar-refractivity contribution in [3.05, 3.63) is 90.8 Å². The van der Waals surface area contributed by atoms with Crippen molar-refractivity contribution in [2.75, 3.05) is 25.6 Å². The van der Waals surface area contributed by atoms with Crippen LogP contribution in [-0.4, -0.2) is 41.5 Å². The highest BCUT2D eigenvalue weighted by molar-refractivity contribution is 6.17. The fourth-order valence-electron chi connectivity index (χ4n) is 3.93. The largest absolute Gasteiger partial charge is 0.490 e. The van der Waals surface area contributed by atoms with E-state index in [2.05, 4.69) is 10.3 Å². The first-order valence-electron chi connectivity index (χ1n) is 11.1. The number of methoxy groups -OCH3 is 1. The third-order valence-corrected chi connectivity index (χ3v) is 5.64. The molecule has 5 rings (SSSR count). The Bertz CT molecular complexity index is 1380. The summed E-state index contributed by atoms with van der Waals surface area (Å²) in [5.74, 6) is 0.0679. The van der Waals surface area contributed by atoms with E-state index >= 15 is 0 Å². The molecule has 0 atom stereocenters. The van der Waals surface area contributed by atoms with Crippen LogP contribution < -0.4 is 10.1 Å². The van der Waals surface area contributed by atoms with E-state index in [4.69, 9.17) is 14.5 Å². The second-order valence-corrected chi connectivity index (χ2v) is 8.02. The summed E-state index contributed by atoms with van der Waals surface area (Å²) in [6.45, 7) is 0.742. The average Bonchev–Trinajstić information content (AvgIpc) is 3.35. The van der Waals surface area contributed by atoms with Crippen LogP contribution in [0.5, 0.6) is 5.75 Å². The molecule has 1 amide bonds. The van der Waals surface area contributed by atoms with E-state index in [1.165, 1.54) is 12.1 Å². The Labute approximate surface area is 201 Å². The number of nitrogens with zero attached hydrogens (tertiary/aromatic N) is 3. The van der Waals surface area contributed by atoms with Crippen molar-refractivity contribution >= 4 is 23.0 Å². The van der Waals surface area contributed by atoms with E-state index in [0.29, 0.717) is 36.0 Å². The highest BCUT2D eigenvalue weighted by Crippen LogP contribution is 2.40. The summed E-state index contributed by atoms with van der Waals surface area (Å²) >= 11 is 0. The average molecular weight is 471 g/mol. The minimum atomic E-state index is -0.328. The van der Waals surface area contributed by atoms with Gasteiger partial charge in [-0.15, -0.1) is 0 Å². The lowest BCUT2D eigenvalue weighted by atomic mass is 10.0. The Balaban J connectivity index is 1.59. The molecular weight excluding hydrogens is 447 g/mol. The van der Waals surface area contributed by atoms with Gasteiger partial charge in [-0.25, -0.2) is 14.4 Å². The summed E-state index contributed by atoms with van der Waals surface area (Å²) in [4.78, 5) is 21.8. The van der Waals surface area contributed by atoms with Gasteiger partial charge in [0.05, 0.1) is 36.4 Å². The molecule has 3 aromatic carbocycles. The maximum atomic E-state index is 13.5. The van der Waals surface area contributed by atoms with Crippen LogP contribution in [0.1, 0.15) is 12.0 Å². The van der Waals surface area contributed by atoms with Crippen LogP contribution in [-0.2, 0) is 9.53 Å². The van der Waals surface area contributed by atoms with Gasteiger partial charge in [-0.1, -0.05) is 24.3 Å². The molecule has 7 nitrogen and oxygen atoms in total. The zero-order valence-corrected chi connectivity index (χ0v) is 19.1. The summed E-state index contributed by atoms with van der Waals surface area (Å²) in [6.07, 6.45) is 5.41. The molecule has 0 radical (unpaired) electrons. The first kappa shape index (κ1) is 22.5. The number of amides is 1. The zero-order chi connectivity index (χ0) is 24.2. The summed E-state index contributed by atoms with van der Waals surface area (Å²) in [5, 5.41) is 2.96. The lowest BCUT2D eigenvalue weighted by Crippen LogP contribution is -2.15. The summed E-state index contributed by atoms with van der Waals surface area (Å²) in [6, 6.07) is 17.5. The van der Waals surface area contributed by atoms with E-state index in [-0.39, 0.29) is 18.1 Å². The molecular formula is C27H23FN4O3. The number of carbonyl (C=O) groups is 1. The number of hydrogen-bond acceptors (Lipinski definition) is 5. The molecule has 1 aliphatic heterocycles. The highest BCUT2D eigenvalue weighted by Gasteiger charge is 2.21. The third-order valence-electron chi connectivity index (χ3n) is 5.64. The molecule has 1 N–H and O–H groups in total. The number of halogens is 1. The number of nitrogens with one attached hydrogen (secondary N) is 1. The predicted molar refractivity (Wildman–Crippen MR) is 132 cm³/mol. The minimum Gasteiger partial charge on any atom is -0.490 e. The number of imidazole rings is 1. The SMILES string of the molecule is COCCOc1cc2c(cc1-c1ccc(F)cc1)NC(=O)CC(c1cccc(-n3ccnc3)c1)=N2. The molecule has 0 unspecified atom stereocenters. The monoisotopic (exact) mass is 470 g/mol. The molecule has 0 fully saturated rings. The molecule has 4 aromatic rings. The first-order chi connectivity index (χ1) is 17.1. The van der Waals surface area contributed by atoms with E-state index in [1.54, 1.807) is 37.8 Å². The number of fused-ring (bicyclic) bond motifs is 1. The van der Waals surface area contributed by atoms with Crippen LogP contribution >= 0.6 is 0 Å². The van der Waals surface area contributed by atoms with Gasteiger partial charge in [0.1, 0.15) is 18.2 Å². The molecule has 176 valence electrons. The molecule has 1 aliphatic rings. The second-order valence-electron chi connectivity index (χ2n) is 8.02. The van der Waals surface area contributed by atoms with Crippen LogP contribution in [0.3, 0.4) is 0 Å². The van der Waals surface area contributed by atoms with Crippen molar-refractivity contribution in [1.82, 2.24) is 9.55 Å². The lowest BCUT2D eigenvalue weighted by molar-refractivity contribution is -0.115. The Morgan fingerprint density at radius 1 is 1.06 bits per heavy atom. The number of ether oxygens (including phenoxy) is 2. The van der Waals surface area contributed by atoms with Crippen LogP contribution in [0.15, 0.2) is 84.4 Å². The third kappa shape index (κ3) is 4.97. The quantitative estimate of drug-likeness (QED) is 0.378. The van der Waals surface area contributed by atoms with Gasteiger partial charge in [0.15, 0.2) is 0 Å². The number of aromatic nitrogens is 2. The summed E-state index contributed by atoms with van der Waals surface area (Å²) in [7, 11) is 1.60. The van der Waals surface area contributed by atoms with E-state index < -0.39 is 0 Å². The van der Waals surface area contributed by atoms with Crippen LogP contribution in [0.4, 0.5) is 15.8 Å². The molecule has 0 saturated carbocycles. The molecule has 35 heavy (non-hydrogen) atoms. The molecule has 1 aromatic heterocycles. The Kier molecular flexibility index (Phi) is 6.36. The maximum Gasteiger partial charge on any atom is 0.230 e. The predicted octanol–water partition coefficient (Wildman–Crippen LogP) is 5.17. The topological polar surface area (TPSA) is 77.7 Å². The summed E-state index contributed by atoms with van der Waals surface area (Å²) < 4.78 is 26.5. The van der Waals surface area contributed by atoms with E-state index in [1.807, 2.05) is 41.1 Å². The Hall–Kier alpha value is -4.30. The molecule has 0 aliphatic carbocycles. The van der Waals surface area contributed by atoms with Gasteiger partial charge in [0, 0.05) is 36.8 Å². The fourth-order valence-corrected chi connectivity index (χ4v) is 3.93. The highest BCUT2D eigenvalue weighted by atomic mass is 19.1. The van der Waals surface area contributed by atoms with E-state index in [9.17, 15) is 9.18 Å². The normalized spacial score (nSPS) is 13.0. The number of rotatable bonds is 7. The second kappa shape index (κ2) is 9.90. The van der Waals surface area contributed by atoms with Crippen LogP contribution in [0.2, 0.25) is 0 Å². The van der Waals surface area contributed by atoms with Crippen molar-refractivity contribution < 1.29 is 18.7 Å². The maximum absolute atomic E-state index is 13.5. The number of hydrogen-bond donors (Lipinski definition) is 1. The first-order valence-corrected chi connectivity index (χ1v) is 11.1. The van der Waals surface area contributed by atoms with E-state index in [0.717, 1.165) is 22.4 Å². The van der Waals surface area contributed by atoms with Gasteiger partial charge in [0.25, 0.3) is 0 Å².